The van der Waals surface area contributed by atoms with Gasteiger partial charge in [0.1, 0.15) is 24.4 Å². The van der Waals surface area contributed by atoms with Crippen molar-refractivity contribution >= 4 is 5.91 Å². The molecule has 0 aromatic heterocycles. The summed E-state index contributed by atoms with van der Waals surface area (Å²) in [6.07, 6.45) is 70.8. The summed E-state index contributed by atoms with van der Waals surface area (Å²) in [4.78, 5) is 13.0. The maximum Gasteiger partial charge on any atom is 0.220 e. The molecule has 1 aliphatic heterocycles. The smallest absolute Gasteiger partial charge is 0.220 e. The normalized spacial score (nSPS) is 19.7. The van der Waals surface area contributed by atoms with E-state index in [4.69, 9.17) is 9.47 Å². The molecule has 0 aromatic carbocycles. The third-order valence-electron chi connectivity index (χ3n) is 13.9. The Bertz CT molecular complexity index is 1480. The Kier molecular flexibility index (Phi) is 50.0. The Morgan fingerprint density at radius 3 is 1.30 bits per heavy atom. The summed E-state index contributed by atoms with van der Waals surface area (Å²) >= 11 is 0. The first kappa shape index (κ1) is 69.1. The molecule has 74 heavy (non-hydrogen) atoms. The highest BCUT2D eigenvalue weighted by atomic mass is 16.7. The largest absolute Gasteiger partial charge is 0.394 e. The monoisotopic (exact) mass is 1040 g/mol. The van der Waals surface area contributed by atoms with Gasteiger partial charge in [-0.05, 0) is 83.5 Å². The lowest BCUT2D eigenvalue weighted by Crippen LogP contribution is -2.60. The van der Waals surface area contributed by atoms with Gasteiger partial charge in [0.25, 0.3) is 0 Å². The second-order valence-corrected chi connectivity index (χ2v) is 20.8. The summed E-state index contributed by atoms with van der Waals surface area (Å²) in [6.45, 7) is 3.63. The zero-order valence-electron chi connectivity index (χ0n) is 47.3. The van der Waals surface area contributed by atoms with Crippen molar-refractivity contribution in [1.82, 2.24) is 5.32 Å². The Balaban J connectivity index is 2.07. The number of aliphatic hydroxyl groups excluding tert-OH is 5. The number of unbranched alkanes of at least 4 members (excludes halogenated alkanes) is 27. The van der Waals surface area contributed by atoms with Crippen molar-refractivity contribution < 1.29 is 39.8 Å². The molecule has 0 aliphatic carbocycles. The number of aliphatic hydroxyl groups is 5. The van der Waals surface area contributed by atoms with E-state index in [-0.39, 0.29) is 12.5 Å². The van der Waals surface area contributed by atoms with Gasteiger partial charge in [0.15, 0.2) is 6.29 Å². The van der Waals surface area contributed by atoms with Crippen LogP contribution >= 0.6 is 0 Å². The van der Waals surface area contributed by atoms with Crippen molar-refractivity contribution in [3.63, 3.8) is 0 Å². The Morgan fingerprint density at radius 2 is 0.851 bits per heavy atom. The molecule has 1 rings (SSSR count). The van der Waals surface area contributed by atoms with Crippen LogP contribution < -0.4 is 5.32 Å². The molecule has 1 aliphatic rings. The van der Waals surface area contributed by atoms with E-state index in [1.165, 1.54) is 154 Å². The standard InChI is InChI=1S/C65H113NO8/c1-3-5-7-9-11-13-15-17-18-19-20-21-22-23-24-25-26-27-28-29-30-31-32-33-34-35-36-37-38-39-40-41-42-43-45-47-49-51-53-55-61(69)66-58(57-73-65-64(72)63(71)62(70)60(56-67)74-65)59(68)54-52-50-48-46-44-16-14-12-10-8-6-4-2/h5,7,11,13,17-18,20-21,23-24,26-27,44,46,52,54,58-60,62-65,67-68,70-72H,3-4,6,8-10,12,14-16,19,22,25,28-43,45,47-51,53,55-57H2,1-2H3,(H,66,69)/b7-5-,13-11-,18-17-,21-20-,24-23-,27-26-,46-44+,54-52+. The van der Waals surface area contributed by atoms with E-state index in [0.717, 1.165) is 77.0 Å². The summed E-state index contributed by atoms with van der Waals surface area (Å²) in [6, 6.07) is -0.823. The van der Waals surface area contributed by atoms with E-state index in [1.807, 2.05) is 6.08 Å². The topological polar surface area (TPSA) is 149 Å². The fourth-order valence-corrected chi connectivity index (χ4v) is 9.12. The number of allylic oxidation sites excluding steroid dienone is 15. The molecule has 1 amide bonds. The Labute approximate surface area is 453 Å². The number of amides is 1. The molecule has 1 heterocycles. The number of hydrogen-bond acceptors (Lipinski definition) is 8. The zero-order chi connectivity index (χ0) is 53.6. The first-order chi connectivity index (χ1) is 36.3. The van der Waals surface area contributed by atoms with Gasteiger partial charge in [-0.2, -0.15) is 0 Å². The minimum absolute atomic E-state index is 0.188. The summed E-state index contributed by atoms with van der Waals surface area (Å²) in [5.74, 6) is -0.188. The van der Waals surface area contributed by atoms with Gasteiger partial charge in [0.2, 0.25) is 5.91 Å². The highest BCUT2D eigenvalue weighted by Crippen LogP contribution is 2.23. The highest BCUT2D eigenvalue weighted by molar-refractivity contribution is 5.76. The van der Waals surface area contributed by atoms with E-state index >= 15 is 0 Å². The minimum atomic E-state index is -1.57. The highest BCUT2D eigenvalue weighted by Gasteiger charge is 2.44. The van der Waals surface area contributed by atoms with Crippen LogP contribution in [0.25, 0.3) is 0 Å². The van der Waals surface area contributed by atoms with Crippen LogP contribution in [-0.2, 0) is 14.3 Å². The maximum atomic E-state index is 13.0. The van der Waals surface area contributed by atoms with Crippen molar-refractivity contribution in [2.45, 2.75) is 294 Å². The van der Waals surface area contributed by atoms with Crippen molar-refractivity contribution in [2.75, 3.05) is 13.2 Å². The second kappa shape index (κ2) is 53.5. The SMILES string of the molecule is CC/C=C\C/C=C\C/C=C\C/C=C\C/C=C\C/C=C\CCCCCCCCCCCCCCCCCCCCCCC(=O)NC(COC1OC(CO)C(O)C(O)C1O)C(O)/C=C/CC/C=C/CCCCCCCC. The number of ether oxygens (including phenoxy) is 2. The second-order valence-electron chi connectivity index (χ2n) is 20.8. The number of rotatable bonds is 51. The molecule has 0 radical (unpaired) electrons. The lowest BCUT2D eigenvalue weighted by molar-refractivity contribution is -0.302. The van der Waals surface area contributed by atoms with Crippen LogP contribution in [0.4, 0.5) is 0 Å². The molecule has 426 valence electrons. The number of carbonyl (C=O) groups is 1. The van der Waals surface area contributed by atoms with Crippen LogP contribution in [0.5, 0.6) is 0 Å². The molecule has 9 nitrogen and oxygen atoms in total. The number of nitrogens with one attached hydrogen (secondary N) is 1. The molecule has 0 spiro atoms. The average Bonchev–Trinajstić information content (AvgIpc) is 3.40. The predicted octanol–water partition coefficient (Wildman–Crippen LogP) is 15.6. The van der Waals surface area contributed by atoms with Gasteiger partial charge in [-0.1, -0.05) is 259 Å². The first-order valence-corrected chi connectivity index (χ1v) is 30.5. The summed E-state index contributed by atoms with van der Waals surface area (Å²) in [5.41, 5.74) is 0. The van der Waals surface area contributed by atoms with Gasteiger partial charge in [-0.25, -0.2) is 0 Å². The van der Waals surface area contributed by atoms with Gasteiger partial charge >= 0.3 is 0 Å². The van der Waals surface area contributed by atoms with Gasteiger partial charge in [0, 0.05) is 6.42 Å². The maximum absolute atomic E-state index is 13.0. The van der Waals surface area contributed by atoms with Gasteiger partial charge in [-0.3, -0.25) is 4.79 Å². The molecule has 7 atom stereocenters. The van der Waals surface area contributed by atoms with E-state index in [9.17, 15) is 30.3 Å². The van der Waals surface area contributed by atoms with E-state index < -0.39 is 49.5 Å². The summed E-state index contributed by atoms with van der Waals surface area (Å²) < 4.78 is 11.2. The van der Waals surface area contributed by atoms with Gasteiger partial charge in [0.05, 0.1) is 25.4 Å². The minimum Gasteiger partial charge on any atom is -0.394 e. The molecule has 7 unspecified atom stereocenters. The predicted molar refractivity (Wildman–Crippen MR) is 313 cm³/mol. The number of carbonyl (C=O) groups excluding carboxylic acids is 1. The third-order valence-corrected chi connectivity index (χ3v) is 13.9. The molecule has 0 saturated carbocycles. The molecular formula is C65H113NO8. The van der Waals surface area contributed by atoms with Gasteiger partial charge < -0.3 is 40.3 Å². The van der Waals surface area contributed by atoms with E-state index in [1.54, 1.807) is 6.08 Å². The summed E-state index contributed by atoms with van der Waals surface area (Å²) in [5, 5.41) is 54.3. The summed E-state index contributed by atoms with van der Waals surface area (Å²) in [7, 11) is 0. The van der Waals surface area contributed by atoms with Crippen molar-refractivity contribution in [3.05, 3.63) is 97.2 Å². The fourth-order valence-electron chi connectivity index (χ4n) is 9.12. The quantitative estimate of drug-likeness (QED) is 0.0261. The van der Waals surface area contributed by atoms with Crippen LogP contribution in [-0.4, -0.2) is 87.5 Å². The van der Waals surface area contributed by atoms with Crippen LogP contribution in [0.2, 0.25) is 0 Å². The molecule has 0 bridgehead atoms. The number of hydrogen-bond donors (Lipinski definition) is 6. The van der Waals surface area contributed by atoms with Crippen LogP contribution in [0.1, 0.15) is 251 Å². The molecule has 1 saturated heterocycles. The van der Waals surface area contributed by atoms with Crippen LogP contribution in [0, 0.1) is 0 Å². The first-order valence-electron chi connectivity index (χ1n) is 30.5. The van der Waals surface area contributed by atoms with Crippen LogP contribution in [0.15, 0.2) is 97.2 Å². The Morgan fingerprint density at radius 1 is 0.473 bits per heavy atom. The molecular weight excluding hydrogens is 923 g/mol. The van der Waals surface area contributed by atoms with Crippen molar-refractivity contribution in [1.29, 1.82) is 0 Å². The third kappa shape index (κ3) is 42.2. The van der Waals surface area contributed by atoms with Crippen LogP contribution in [0.3, 0.4) is 0 Å². The molecule has 0 aromatic rings. The van der Waals surface area contributed by atoms with Crippen molar-refractivity contribution in [3.8, 4) is 0 Å². The average molecular weight is 1040 g/mol. The lowest BCUT2D eigenvalue weighted by Gasteiger charge is -2.40. The molecule has 9 heteroatoms. The van der Waals surface area contributed by atoms with Gasteiger partial charge in [-0.15, -0.1) is 0 Å². The fraction of sp³-hybridized carbons (Fsp3) is 0.738. The Hall–Kier alpha value is -2.89. The van der Waals surface area contributed by atoms with E-state index in [0.29, 0.717) is 6.42 Å². The lowest BCUT2D eigenvalue weighted by atomic mass is 9.99. The van der Waals surface area contributed by atoms with Crippen molar-refractivity contribution in [2.24, 2.45) is 0 Å². The van der Waals surface area contributed by atoms with E-state index in [2.05, 4.69) is 104 Å². The molecule has 6 N–H and O–H groups in total. The molecule has 1 fully saturated rings. The zero-order valence-corrected chi connectivity index (χ0v) is 47.3.